The lowest BCUT2D eigenvalue weighted by molar-refractivity contribution is 0.472. The Morgan fingerprint density at radius 2 is 1.85 bits per heavy atom. The molecule has 2 heteroatoms. The first-order chi connectivity index (χ1) is 6.27. The number of anilines is 1. The maximum atomic E-state index is 3.55. The Kier molecular flexibility index (Phi) is 2.23. The second-order valence-corrected chi connectivity index (χ2v) is 3.77. The van der Waals surface area contributed by atoms with Crippen molar-refractivity contribution in [3.8, 4) is 0 Å². The molecular formula is C11H16N2. The Balaban J connectivity index is 2.17. The summed E-state index contributed by atoms with van der Waals surface area (Å²) in [4.78, 5) is 0. The summed E-state index contributed by atoms with van der Waals surface area (Å²) in [5.41, 5.74) is 3.99. The number of para-hydroxylation sites is 1. The molecule has 70 valence electrons. The smallest absolute Gasteiger partial charge is 0.0510 e. The standard InChI is InChI=1S/C11H16N2/c1-8-4-3-5-9(2)11(8)13-10-6-12-7-10/h3-5,10,12-13H,6-7H2,1-2H3. The number of aryl methyl sites for hydroxylation is 2. The maximum Gasteiger partial charge on any atom is 0.0510 e. The molecule has 0 bridgehead atoms. The van der Waals surface area contributed by atoms with Crippen LogP contribution in [0.25, 0.3) is 0 Å². The summed E-state index contributed by atoms with van der Waals surface area (Å²) in [5, 5.41) is 6.81. The first-order valence-corrected chi connectivity index (χ1v) is 4.81. The zero-order valence-corrected chi connectivity index (χ0v) is 8.22. The zero-order valence-electron chi connectivity index (χ0n) is 8.22. The number of nitrogens with one attached hydrogen (secondary N) is 2. The van der Waals surface area contributed by atoms with Gasteiger partial charge in [-0.2, -0.15) is 0 Å². The zero-order chi connectivity index (χ0) is 9.26. The number of rotatable bonds is 2. The Morgan fingerprint density at radius 1 is 1.23 bits per heavy atom. The fraction of sp³-hybridized carbons (Fsp3) is 0.455. The highest BCUT2D eigenvalue weighted by Gasteiger charge is 2.17. The van der Waals surface area contributed by atoms with Crippen LogP contribution in [0.5, 0.6) is 0 Å². The second kappa shape index (κ2) is 3.38. The van der Waals surface area contributed by atoms with Gasteiger partial charge in [0.2, 0.25) is 0 Å². The lowest BCUT2D eigenvalue weighted by Gasteiger charge is -2.30. The molecule has 0 unspecified atom stereocenters. The van der Waals surface area contributed by atoms with E-state index in [9.17, 15) is 0 Å². The number of hydrogen-bond donors (Lipinski definition) is 2. The first-order valence-electron chi connectivity index (χ1n) is 4.81. The van der Waals surface area contributed by atoms with Crippen LogP contribution in [0.2, 0.25) is 0 Å². The van der Waals surface area contributed by atoms with E-state index >= 15 is 0 Å². The van der Waals surface area contributed by atoms with E-state index in [2.05, 4.69) is 42.7 Å². The van der Waals surface area contributed by atoms with E-state index < -0.39 is 0 Å². The Labute approximate surface area is 79.4 Å². The average molecular weight is 176 g/mol. The third-order valence-corrected chi connectivity index (χ3v) is 2.61. The molecule has 1 saturated heterocycles. The molecular weight excluding hydrogens is 160 g/mol. The van der Waals surface area contributed by atoms with Crippen molar-refractivity contribution in [1.82, 2.24) is 5.32 Å². The summed E-state index contributed by atoms with van der Waals surface area (Å²) in [6, 6.07) is 7.04. The van der Waals surface area contributed by atoms with Gasteiger partial charge >= 0.3 is 0 Å². The van der Waals surface area contributed by atoms with Gasteiger partial charge < -0.3 is 10.6 Å². The van der Waals surface area contributed by atoms with E-state index in [1.54, 1.807) is 0 Å². The molecule has 1 heterocycles. The summed E-state index contributed by atoms with van der Waals surface area (Å²) < 4.78 is 0. The molecule has 0 saturated carbocycles. The molecule has 1 fully saturated rings. The summed E-state index contributed by atoms with van der Waals surface area (Å²) in [5.74, 6) is 0. The molecule has 0 radical (unpaired) electrons. The average Bonchev–Trinajstić information content (AvgIpc) is 2.00. The van der Waals surface area contributed by atoms with Gasteiger partial charge in [0.15, 0.2) is 0 Å². The molecule has 2 rings (SSSR count). The van der Waals surface area contributed by atoms with Crippen LogP contribution in [0.1, 0.15) is 11.1 Å². The van der Waals surface area contributed by atoms with Gasteiger partial charge in [-0.1, -0.05) is 18.2 Å². The minimum atomic E-state index is 0.625. The second-order valence-electron chi connectivity index (χ2n) is 3.77. The molecule has 0 spiro atoms. The predicted molar refractivity (Wildman–Crippen MR) is 56.2 cm³/mol. The molecule has 0 aromatic heterocycles. The van der Waals surface area contributed by atoms with Crippen molar-refractivity contribution in [2.45, 2.75) is 19.9 Å². The largest absolute Gasteiger partial charge is 0.379 e. The molecule has 1 aliphatic rings. The monoisotopic (exact) mass is 176 g/mol. The fourth-order valence-electron chi connectivity index (χ4n) is 1.64. The van der Waals surface area contributed by atoms with Crippen molar-refractivity contribution in [3.05, 3.63) is 29.3 Å². The van der Waals surface area contributed by atoms with Crippen molar-refractivity contribution < 1.29 is 0 Å². The lowest BCUT2D eigenvalue weighted by Crippen LogP contribution is -2.51. The highest BCUT2D eigenvalue weighted by atomic mass is 15.1. The fourth-order valence-corrected chi connectivity index (χ4v) is 1.64. The molecule has 13 heavy (non-hydrogen) atoms. The molecule has 1 aromatic rings. The summed E-state index contributed by atoms with van der Waals surface area (Å²) in [7, 11) is 0. The Morgan fingerprint density at radius 3 is 2.31 bits per heavy atom. The van der Waals surface area contributed by atoms with Gasteiger partial charge in [-0.15, -0.1) is 0 Å². The molecule has 0 atom stereocenters. The normalized spacial score (nSPS) is 16.8. The van der Waals surface area contributed by atoms with Gasteiger partial charge in [-0.05, 0) is 25.0 Å². The van der Waals surface area contributed by atoms with E-state index in [-0.39, 0.29) is 0 Å². The molecule has 1 aliphatic heterocycles. The van der Waals surface area contributed by atoms with Crippen LogP contribution in [0.15, 0.2) is 18.2 Å². The summed E-state index contributed by atoms with van der Waals surface area (Å²) >= 11 is 0. The maximum absolute atomic E-state index is 3.55. The predicted octanol–water partition coefficient (Wildman–Crippen LogP) is 1.69. The van der Waals surface area contributed by atoms with Crippen molar-refractivity contribution in [2.75, 3.05) is 18.4 Å². The molecule has 2 N–H and O–H groups in total. The van der Waals surface area contributed by atoms with Gasteiger partial charge in [-0.25, -0.2) is 0 Å². The van der Waals surface area contributed by atoms with Crippen LogP contribution in [-0.2, 0) is 0 Å². The van der Waals surface area contributed by atoms with Crippen LogP contribution in [0.3, 0.4) is 0 Å². The Hall–Kier alpha value is -1.02. The highest BCUT2D eigenvalue weighted by molar-refractivity contribution is 5.57. The minimum absolute atomic E-state index is 0.625. The molecule has 0 aliphatic carbocycles. The molecule has 2 nitrogen and oxygen atoms in total. The van der Waals surface area contributed by atoms with E-state index in [0.717, 1.165) is 13.1 Å². The highest BCUT2D eigenvalue weighted by Crippen LogP contribution is 2.20. The molecule has 1 aromatic carbocycles. The van der Waals surface area contributed by atoms with Crippen LogP contribution in [0.4, 0.5) is 5.69 Å². The van der Waals surface area contributed by atoms with Crippen LogP contribution in [0, 0.1) is 13.8 Å². The van der Waals surface area contributed by atoms with Crippen molar-refractivity contribution in [2.24, 2.45) is 0 Å². The third kappa shape index (κ3) is 1.68. The Bertz CT molecular complexity index is 283. The molecule has 0 amide bonds. The van der Waals surface area contributed by atoms with Gasteiger partial charge in [0.05, 0.1) is 6.04 Å². The quantitative estimate of drug-likeness (QED) is 0.716. The summed E-state index contributed by atoms with van der Waals surface area (Å²) in [6.45, 7) is 6.49. The van der Waals surface area contributed by atoms with Crippen LogP contribution in [-0.4, -0.2) is 19.1 Å². The third-order valence-electron chi connectivity index (χ3n) is 2.61. The van der Waals surface area contributed by atoms with Gasteiger partial charge in [0.1, 0.15) is 0 Å². The SMILES string of the molecule is Cc1cccc(C)c1NC1CNC1. The number of benzene rings is 1. The topological polar surface area (TPSA) is 24.1 Å². The first kappa shape index (κ1) is 8.57. The van der Waals surface area contributed by atoms with Gasteiger partial charge in [0.25, 0.3) is 0 Å². The van der Waals surface area contributed by atoms with Gasteiger partial charge in [0, 0.05) is 18.8 Å². The van der Waals surface area contributed by atoms with E-state index in [1.807, 2.05) is 0 Å². The summed E-state index contributed by atoms with van der Waals surface area (Å²) in [6.07, 6.45) is 0. The number of hydrogen-bond acceptors (Lipinski definition) is 2. The van der Waals surface area contributed by atoms with Gasteiger partial charge in [-0.3, -0.25) is 0 Å². The van der Waals surface area contributed by atoms with E-state index in [4.69, 9.17) is 0 Å². The van der Waals surface area contributed by atoms with E-state index in [1.165, 1.54) is 16.8 Å². The van der Waals surface area contributed by atoms with Crippen LogP contribution < -0.4 is 10.6 Å². The van der Waals surface area contributed by atoms with Crippen molar-refractivity contribution >= 4 is 5.69 Å². The van der Waals surface area contributed by atoms with Crippen molar-refractivity contribution in [1.29, 1.82) is 0 Å². The minimum Gasteiger partial charge on any atom is -0.379 e. The van der Waals surface area contributed by atoms with Crippen molar-refractivity contribution in [3.63, 3.8) is 0 Å². The van der Waals surface area contributed by atoms with E-state index in [0.29, 0.717) is 6.04 Å². The lowest BCUT2D eigenvalue weighted by atomic mass is 10.1. The van der Waals surface area contributed by atoms with Crippen LogP contribution >= 0.6 is 0 Å².